The molecule has 5 nitrogen and oxygen atoms in total. The molecular formula is C11H8F3NO4. The first-order chi connectivity index (χ1) is 8.84. The first-order valence-corrected chi connectivity index (χ1v) is 4.79. The van der Waals surface area contributed by atoms with Crippen LogP contribution in [0.2, 0.25) is 0 Å². The van der Waals surface area contributed by atoms with Crippen molar-refractivity contribution in [3.63, 3.8) is 0 Å². The lowest BCUT2D eigenvalue weighted by Crippen LogP contribution is -2.20. The Morgan fingerprint density at radius 2 is 1.95 bits per heavy atom. The van der Waals surface area contributed by atoms with Gasteiger partial charge in [-0.3, -0.25) is 0 Å². The zero-order valence-electron chi connectivity index (χ0n) is 9.87. The van der Waals surface area contributed by atoms with Crippen LogP contribution in [0.5, 0.6) is 11.5 Å². The lowest BCUT2D eigenvalue weighted by atomic mass is 10.1. The Kier molecular flexibility index (Phi) is 4.22. The molecule has 0 aliphatic rings. The SMILES string of the molecule is COC(=O)c1c(C#N)ccc(OC)c1OC(F)(F)F. The van der Waals surface area contributed by atoms with Gasteiger partial charge in [0.2, 0.25) is 0 Å². The molecule has 8 heteroatoms. The van der Waals surface area contributed by atoms with Crippen LogP contribution < -0.4 is 9.47 Å². The van der Waals surface area contributed by atoms with E-state index in [2.05, 4.69) is 14.2 Å². The fourth-order valence-electron chi connectivity index (χ4n) is 1.34. The summed E-state index contributed by atoms with van der Waals surface area (Å²) in [4.78, 5) is 11.5. The predicted octanol–water partition coefficient (Wildman–Crippen LogP) is 2.25. The highest BCUT2D eigenvalue weighted by Gasteiger charge is 2.36. The van der Waals surface area contributed by atoms with E-state index in [1.54, 1.807) is 6.07 Å². The maximum Gasteiger partial charge on any atom is 0.573 e. The standard InChI is InChI=1S/C11H8F3NO4/c1-17-7-4-3-6(5-15)8(10(16)18-2)9(7)19-11(12,13)14/h3-4H,1-2H3. The molecule has 0 radical (unpaired) electrons. The van der Waals surface area contributed by atoms with Crippen LogP contribution in [0.4, 0.5) is 13.2 Å². The van der Waals surface area contributed by atoms with Gasteiger partial charge in [0, 0.05) is 0 Å². The fraction of sp³-hybridized carbons (Fsp3) is 0.273. The van der Waals surface area contributed by atoms with Crippen LogP contribution >= 0.6 is 0 Å². The monoisotopic (exact) mass is 275 g/mol. The van der Waals surface area contributed by atoms with Gasteiger partial charge < -0.3 is 14.2 Å². The zero-order chi connectivity index (χ0) is 14.6. The molecule has 1 aromatic rings. The van der Waals surface area contributed by atoms with Crippen LogP contribution in [0.15, 0.2) is 12.1 Å². The number of methoxy groups -OCH3 is 2. The lowest BCUT2D eigenvalue weighted by Gasteiger charge is -2.16. The molecule has 0 heterocycles. The molecule has 19 heavy (non-hydrogen) atoms. The van der Waals surface area contributed by atoms with Crippen LogP contribution in [-0.2, 0) is 4.74 Å². The summed E-state index contributed by atoms with van der Waals surface area (Å²) in [6.45, 7) is 0. The summed E-state index contributed by atoms with van der Waals surface area (Å²) in [5.41, 5.74) is -0.950. The first kappa shape index (κ1) is 14.6. The Labute approximate surface area is 106 Å². The molecule has 0 saturated carbocycles. The highest BCUT2D eigenvalue weighted by Crippen LogP contribution is 2.37. The van der Waals surface area contributed by atoms with Gasteiger partial charge in [0.05, 0.1) is 19.8 Å². The van der Waals surface area contributed by atoms with Crippen LogP contribution in [0.3, 0.4) is 0 Å². The van der Waals surface area contributed by atoms with E-state index in [4.69, 9.17) is 5.26 Å². The topological polar surface area (TPSA) is 68.6 Å². The van der Waals surface area contributed by atoms with Crippen LogP contribution in [0, 0.1) is 11.3 Å². The Morgan fingerprint density at radius 3 is 2.37 bits per heavy atom. The number of rotatable bonds is 3. The molecule has 0 fully saturated rings. The molecule has 0 aliphatic heterocycles. The Hall–Kier alpha value is -2.43. The minimum absolute atomic E-state index is 0.313. The molecule has 0 spiro atoms. The predicted molar refractivity (Wildman–Crippen MR) is 55.7 cm³/mol. The highest BCUT2D eigenvalue weighted by molar-refractivity contribution is 5.96. The van der Waals surface area contributed by atoms with Gasteiger partial charge in [0.15, 0.2) is 11.5 Å². The van der Waals surface area contributed by atoms with Gasteiger partial charge in [-0.1, -0.05) is 0 Å². The smallest absolute Gasteiger partial charge is 0.493 e. The first-order valence-electron chi connectivity index (χ1n) is 4.79. The number of halogens is 3. The maximum absolute atomic E-state index is 12.3. The third kappa shape index (κ3) is 3.28. The number of nitrogens with zero attached hydrogens (tertiary/aromatic N) is 1. The normalized spacial score (nSPS) is 10.5. The average Bonchev–Trinajstić information content (AvgIpc) is 2.35. The van der Waals surface area contributed by atoms with E-state index < -0.39 is 23.6 Å². The van der Waals surface area contributed by atoms with Gasteiger partial charge in [0.25, 0.3) is 0 Å². The number of benzene rings is 1. The molecular weight excluding hydrogens is 267 g/mol. The third-order valence-electron chi connectivity index (χ3n) is 2.07. The molecule has 0 atom stereocenters. The van der Waals surface area contributed by atoms with Gasteiger partial charge in [-0.05, 0) is 12.1 Å². The third-order valence-corrected chi connectivity index (χ3v) is 2.07. The number of hydrogen-bond acceptors (Lipinski definition) is 5. The van der Waals surface area contributed by atoms with Gasteiger partial charge in [-0.15, -0.1) is 13.2 Å². The van der Waals surface area contributed by atoms with E-state index in [-0.39, 0.29) is 11.3 Å². The number of nitriles is 1. The van der Waals surface area contributed by atoms with Gasteiger partial charge >= 0.3 is 12.3 Å². The van der Waals surface area contributed by atoms with Crippen molar-refractivity contribution >= 4 is 5.97 Å². The van der Waals surface area contributed by atoms with Crippen molar-refractivity contribution in [2.24, 2.45) is 0 Å². The maximum atomic E-state index is 12.3. The summed E-state index contributed by atoms with van der Waals surface area (Å²) in [7, 11) is 2.08. The molecule has 0 N–H and O–H groups in total. The zero-order valence-corrected chi connectivity index (χ0v) is 9.87. The summed E-state index contributed by atoms with van der Waals surface area (Å²) in [5.74, 6) is -2.37. The van der Waals surface area contributed by atoms with Gasteiger partial charge in [-0.2, -0.15) is 5.26 Å². The quantitative estimate of drug-likeness (QED) is 0.791. The minimum atomic E-state index is -5.04. The minimum Gasteiger partial charge on any atom is -0.493 e. The van der Waals surface area contributed by atoms with E-state index in [0.717, 1.165) is 26.4 Å². The van der Waals surface area contributed by atoms with Gasteiger partial charge in [-0.25, -0.2) is 4.79 Å². The summed E-state index contributed by atoms with van der Waals surface area (Å²) in [5, 5.41) is 8.81. The van der Waals surface area contributed by atoms with Crippen LogP contribution in [0.25, 0.3) is 0 Å². The molecule has 0 unspecified atom stereocenters. The number of carbonyl (C=O) groups is 1. The van der Waals surface area contributed by atoms with Crippen molar-refractivity contribution < 1.29 is 32.2 Å². The largest absolute Gasteiger partial charge is 0.573 e. The van der Waals surface area contributed by atoms with E-state index in [1.165, 1.54) is 0 Å². The molecule has 0 amide bonds. The second kappa shape index (κ2) is 5.48. The van der Waals surface area contributed by atoms with Crippen molar-refractivity contribution in [1.29, 1.82) is 5.26 Å². The van der Waals surface area contributed by atoms with E-state index in [1.807, 2.05) is 0 Å². The lowest BCUT2D eigenvalue weighted by molar-refractivity contribution is -0.275. The summed E-state index contributed by atoms with van der Waals surface area (Å²) < 4.78 is 49.8. The Balaban J connectivity index is 3.53. The van der Waals surface area contributed by atoms with Gasteiger partial charge in [0.1, 0.15) is 11.6 Å². The van der Waals surface area contributed by atoms with Crippen molar-refractivity contribution in [2.45, 2.75) is 6.36 Å². The number of esters is 1. The number of ether oxygens (including phenoxy) is 3. The van der Waals surface area contributed by atoms with Crippen molar-refractivity contribution in [3.8, 4) is 17.6 Å². The fourth-order valence-corrected chi connectivity index (χ4v) is 1.34. The number of carbonyl (C=O) groups excluding carboxylic acids is 1. The Bertz CT molecular complexity index is 534. The molecule has 1 aromatic carbocycles. The average molecular weight is 275 g/mol. The van der Waals surface area contributed by atoms with E-state index in [0.29, 0.717) is 0 Å². The molecule has 0 aliphatic carbocycles. The molecule has 102 valence electrons. The summed E-state index contributed by atoms with van der Waals surface area (Å²) in [6, 6.07) is 3.81. The van der Waals surface area contributed by atoms with E-state index in [9.17, 15) is 18.0 Å². The van der Waals surface area contributed by atoms with Crippen molar-refractivity contribution in [3.05, 3.63) is 23.3 Å². The highest BCUT2D eigenvalue weighted by atomic mass is 19.4. The van der Waals surface area contributed by atoms with Crippen LogP contribution in [-0.4, -0.2) is 26.6 Å². The van der Waals surface area contributed by atoms with E-state index >= 15 is 0 Å². The molecule has 0 bridgehead atoms. The Morgan fingerprint density at radius 1 is 1.32 bits per heavy atom. The van der Waals surface area contributed by atoms with Crippen LogP contribution in [0.1, 0.15) is 15.9 Å². The van der Waals surface area contributed by atoms with Crippen molar-refractivity contribution in [1.82, 2.24) is 0 Å². The molecule has 0 saturated heterocycles. The summed E-state index contributed by atoms with van der Waals surface area (Å²) >= 11 is 0. The molecule has 1 rings (SSSR count). The molecule has 0 aromatic heterocycles. The van der Waals surface area contributed by atoms with Crippen molar-refractivity contribution in [2.75, 3.05) is 14.2 Å². The number of hydrogen-bond donors (Lipinski definition) is 0. The second-order valence-electron chi connectivity index (χ2n) is 3.17. The number of alkyl halides is 3. The second-order valence-corrected chi connectivity index (χ2v) is 3.17. The summed E-state index contributed by atoms with van der Waals surface area (Å²) in [6.07, 6.45) is -5.04.